The molecule has 6 rings (SSSR count). The van der Waals surface area contributed by atoms with Crippen LogP contribution in [0.5, 0.6) is 0 Å². The quantitative estimate of drug-likeness (QED) is 0.225. The van der Waals surface area contributed by atoms with E-state index in [0.29, 0.717) is 0 Å². The van der Waals surface area contributed by atoms with E-state index in [0.717, 1.165) is 0 Å². The number of nitrogens with zero attached hydrogens (tertiary/aromatic N) is 2. The summed E-state index contributed by atoms with van der Waals surface area (Å²) in [6.07, 6.45) is -7.24. The maximum atomic E-state index is 13.2. The van der Waals surface area contributed by atoms with Gasteiger partial charge in [0.25, 0.3) is 0 Å². The number of carbonyl (C=O) groups excluding carboxylic acids is 4. The van der Waals surface area contributed by atoms with Crippen molar-refractivity contribution >= 4 is 31.7 Å². The Kier molecular flexibility index (Phi) is 5.38. The predicted molar refractivity (Wildman–Crippen MR) is 115 cm³/mol. The van der Waals surface area contributed by atoms with Crippen LogP contribution in [0.4, 0.5) is 9.59 Å². The summed E-state index contributed by atoms with van der Waals surface area (Å²) in [4.78, 5) is 65.5. The monoisotopic (exact) mass is 546 g/mol. The second-order valence-electron chi connectivity index (χ2n) is 10.5. The number of phosphoric acid groups is 1. The number of imide groups is 2. The fourth-order valence-electron chi connectivity index (χ4n) is 6.76. The Bertz CT molecular complexity index is 1140. The van der Waals surface area contributed by atoms with Gasteiger partial charge in [-0.1, -0.05) is 0 Å². The van der Waals surface area contributed by atoms with Crippen molar-refractivity contribution < 1.29 is 57.4 Å². The summed E-state index contributed by atoms with van der Waals surface area (Å²) in [7, 11) is -4.74. The molecule has 0 aromatic heterocycles. The van der Waals surface area contributed by atoms with Crippen LogP contribution in [-0.4, -0.2) is 111 Å². The number of aliphatic hydroxyl groups excluding tert-OH is 2. The van der Waals surface area contributed by atoms with Gasteiger partial charge < -0.3 is 24.6 Å². The summed E-state index contributed by atoms with van der Waals surface area (Å²) >= 11 is 0. The molecule has 1 saturated carbocycles. The van der Waals surface area contributed by atoms with Crippen LogP contribution in [0.25, 0.3) is 0 Å². The zero-order valence-corrected chi connectivity index (χ0v) is 20.7. The molecule has 5 aliphatic heterocycles. The third-order valence-corrected chi connectivity index (χ3v) is 9.88. The molecule has 11 atom stereocenters. The SMILES string of the molecule is C[C@]12C(=O)NC(=O)N3[C@H]1[C@@H]1N(C(=O)NC(=O)[C@@]12C)[C@H]1CC(OP(=O)(O)OC[C@@H]2O[C@@H]3CC2O)[C@H](CO)O1. The van der Waals surface area contributed by atoms with Crippen molar-refractivity contribution in [3.05, 3.63) is 0 Å². The zero-order valence-electron chi connectivity index (χ0n) is 19.8. The second-order valence-corrected chi connectivity index (χ2v) is 11.9. The lowest BCUT2D eigenvalue weighted by Gasteiger charge is -2.72. The Labute approximate surface area is 209 Å². The molecular weight excluding hydrogens is 519 g/mol. The fraction of sp³-hybridized carbons (Fsp3) is 0.800. The van der Waals surface area contributed by atoms with E-state index in [1.54, 1.807) is 0 Å². The number of aliphatic hydroxyl groups is 2. The van der Waals surface area contributed by atoms with E-state index < -0.39 is 105 Å². The summed E-state index contributed by atoms with van der Waals surface area (Å²) in [5.74, 6) is -1.42. The molecule has 17 heteroatoms. The molecular formula is C20H27N4O12P. The van der Waals surface area contributed by atoms with Crippen LogP contribution >= 0.6 is 7.82 Å². The van der Waals surface area contributed by atoms with Crippen molar-refractivity contribution in [3.63, 3.8) is 0 Å². The first-order valence-corrected chi connectivity index (χ1v) is 13.4. The van der Waals surface area contributed by atoms with Gasteiger partial charge in [0.1, 0.15) is 30.8 Å². The van der Waals surface area contributed by atoms with Crippen molar-refractivity contribution in [2.45, 2.75) is 75.6 Å². The molecule has 1 aliphatic carbocycles. The van der Waals surface area contributed by atoms with E-state index in [1.807, 2.05) is 0 Å². The molecule has 6 fully saturated rings. The molecule has 0 radical (unpaired) electrons. The highest BCUT2D eigenvalue weighted by Crippen LogP contribution is 2.64. The normalized spacial score (nSPS) is 51.2. The maximum Gasteiger partial charge on any atom is 0.472 e. The second kappa shape index (κ2) is 7.93. The number of amides is 6. The van der Waals surface area contributed by atoms with E-state index in [-0.39, 0.29) is 12.8 Å². The zero-order chi connectivity index (χ0) is 26.7. The number of carbonyl (C=O) groups is 4. The van der Waals surface area contributed by atoms with Gasteiger partial charge in [0, 0.05) is 12.8 Å². The lowest BCUT2D eigenvalue weighted by Crippen LogP contribution is -2.92. The van der Waals surface area contributed by atoms with Gasteiger partial charge >= 0.3 is 19.9 Å². The molecule has 6 amide bonds. The molecule has 37 heavy (non-hydrogen) atoms. The average molecular weight is 546 g/mol. The Morgan fingerprint density at radius 1 is 0.946 bits per heavy atom. The lowest BCUT2D eigenvalue weighted by molar-refractivity contribution is -0.242. The Morgan fingerprint density at radius 2 is 1.49 bits per heavy atom. The van der Waals surface area contributed by atoms with E-state index in [9.17, 15) is 38.8 Å². The van der Waals surface area contributed by atoms with Crippen LogP contribution in [0, 0.1) is 10.8 Å². The highest BCUT2D eigenvalue weighted by atomic mass is 31.2. The van der Waals surface area contributed by atoms with E-state index in [2.05, 4.69) is 10.6 Å². The maximum absolute atomic E-state index is 13.2. The lowest BCUT2D eigenvalue weighted by atomic mass is 9.42. The molecule has 0 aromatic carbocycles. The molecule has 3 unspecified atom stereocenters. The van der Waals surface area contributed by atoms with Gasteiger partial charge in [0.2, 0.25) is 11.8 Å². The largest absolute Gasteiger partial charge is 0.472 e. The van der Waals surface area contributed by atoms with E-state index >= 15 is 0 Å². The number of nitrogens with one attached hydrogen (secondary N) is 2. The van der Waals surface area contributed by atoms with Crippen molar-refractivity contribution in [2.75, 3.05) is 13.2 Å². The Morgan fingerprint density at radius 3 is 2.03 bits per heavy atom. The van der Waals surface area contributed by atoms with Gasteiger partial charge in [0.05, 0.1) is 42.2 Å². The van der Waals surface area contributed by atoms with Crippen molar-refractivity contribution in [1.82, 2.24) is 20.4 Å². The van der Waals surface area contributed by atoms with Gasteiger partial charge in [-0.25, -0.2) is 14.2 Å². The van der Waals surface area contributed by atoms with Gasteiger partial charge in [-0.2, -0.15) is 0 Å². The van der Waals surface area contributed by atoms with E-state index in [4.69, 9.17) is 18.5 Å². The third-order valence-electron chi connectivity index (χ3n) is 8.87. The molecule has 4 bridgehead atoms. The van der Waals surface area contributed by atoms with Crippen LogP contribution in [0.1, 0.15) is 26.7 Å². The number of hydrogen-bond acceptors (Lipinski definition) is 11. The smallest absolute Gasteiger partial charge is 0.394 e. The van der Waals surface area contributed by atoms with Gasteiger partial charge in [-0.3, -0.25) is 39.1 Å². The number of urea groups is 2. The minimum Gasteiger partial charge on any atom is -0.394 e. The van der Waals surface area contributed by atoms with Gasteiger partial charge in [-0.15, -0.1) is 0 Å². The summed E-state index contributed by atoms with van der Waals surface area (Å²) in [6.45, 7) is 1.84. The molecule has 6 aliphatic rings. The molecule has 5 saturated heterocycles. The molecule has 5 heterocycles. The number of hydrogen-bond donors (Lipinski definition) is 5. The van der Waals surface area contributed by atoms with Gasteiger partial charge in [-0.05, 0) is 13.8 Å². The van der Waals surface area contributed by atoms with Crippen molar-refractivity contribution in [3.8, 4) is 0 Å². The molecule has 204 valence electrons. The first-order chi connectivity index (χ1) is 17.3. The number of rotatable bonds is 1. The number of ether oxygens (including phenoxy) is 2. The van der Waals surface area contributed by atoms with Crippen molar-refractivity contribution in [2.24, 2.45) is 10.8 Å². The molecule has 0 spiro atoms. The highest BCUT2D eigenvalue weighted by Gasteiger charge is 2.82. The molecule has 16 nitrogen and oxygen atoms in total. The van der Waals surface area contributed by atoms with Crippen LogP contribution in [-0.2, 0) is 32.7 Å². The predicted octanol–water partition coefficient (Wildman–Crippen LogP) is -2.05. The summed E-state index contributed by atoms with van der Waals surface area (Å²) in [5, 5.41) is 24.9. The van der Waals surface area contributed by atoms with Crippen LogP contribution in [0.15, 0.2) is 0 Å². The van der Waals surface area contributed by atoms with Crippen LogP contribution in [0.2, 0.25) is 0 Å². The third kappa shape index (κ3) is 3.18. The summed E-state index contributed by atoms with van der Waals surface area (Å²) in [6, 6.07) is -3.82. The molecule has 5 N–H and O–H groups in total. The van der Waals surface area contributed by atoms with Gasteiger partial charge in [0.15, 0.2) is 0 Å². The standard InChI is InChI=1S/C20H27N4O12P/c1-19-13-14-20(19,2)16(28)22-18(30)24(14)12-4-8(9(5-25)34-12)36-37(31,32)33-6-10-7(26)3-11(35-10)23(13)17(29)21-15(19)27/h7-14,25-26H,3-6H2,1-2H3,(H,31,32)(H,21,27,29)(H,22,28,30)/t7?,8?,9-,10-,11+,12+,13-,14-,19+,20+/m0/s1. The van der Waals surface area contributed by atoms with E-state index in [1.165, 1.54) is 23.6 Å². The first kappa shape index (κ1) is 25.1. The minimum atomic E-state index is -4.74. The number of phosphoric ester groups is 1. The van der Waals surface area contributed by atoms with Crippen molar-refractivity contribution in [1.29, 1.82) is 0 Å². The Hall–Kier alpha value is -2.17. The molecule has 0 aromatic rings. The topological polar surface area (TPSA) is 213 Å². The number of fused-ring (bicyclic) bond motifs is 7. The van der Waals surface area contributed by atoms with Crippen LogP contribution < -0.4 is 10.6 Å². The summed E-state index contributed by atoms with van der Waals surface area (Å²) < 4.78 is 34.6. The summed E-state index contributed by atoms with van der Waals surface area (Å²) in [5.41, 5.74) is -3.02. The Balaban J connectivity index is 1.49. The average Bonchev–Trinajstić information content (AvgIpc) is 3.38. The minimum absolute atomic E-state index is 0.127. The highest BCUT2D eigenvalue weighted by molar-refractivity contribution is 7.47. The van der Waals surface area contributed by atoms with Crippen LogP contribution in [0.3, 0.4) is 0 Å². The first-order valence-electron chi connectivity index (χ1n) is 11.9. The fourth-order valence-corrected chi connectivity index (χ4v) is 7.72.